The van der Waals surface area contributed by atoms with Crippen molar-refractivity contribution in [2.45, 2.75) is 6.42 Å². The molecular formula is C15H22Br2N2O3. The Morgan fingerprint density at radius 3 is 2.32 bits per heavy atom. The molecule has 0 saturated carbocycles. The number of hydrogen-bond donors (Lipinski definition) is 1. The van der Waals surface area contributed by atoms with Gasteiger partial charge in [0.1, 0.15) is 0 Å². The highest BCUT2D eigenvalue weighted by molar-refractivity contribution is 9.09. The minimum absolute atomic E-state index is 0.0422. The predicted molar refractivity (Wildman–Crippen MR) is 95.8 cm³/mol. The molecular weight excluding hydrogens is 416 g/mol. The van der Waals surface area contributed by atoms with Crippen molar-refractivity contribution in [1.29, 1.82) is 0 Å². The van der Waals surface area contributed by atoms with Crippen LogP contribution in [0.4, 0.5) is 4.79 Å². The van der Waals surface area contributed by atoms with Gasteiger partial charge in [0.2, 0.25) is 0 Å². The van der Waals surface area contributed by atoms with Gasteiger partial charge in [-0.1, -0.05) is 37.9 Å². The van der Waals surface area contributed by atoms with E-state index in [0.717, 1.165) is 22.6 Å². The molecule has 0 atom stereocenters. The van der Waals surface area contributed by atoms with Gasteiger partial charge in [-0.3, -0.25) is 0 Å². The Balaban J connectivity index is 2.50. The topological polar surface area (TPSA) is 50.8 Å². The van der Waals surface area contributed by atoms with Crippen molar-refractivity contribution in [3.8, 4) is 11.5 Å². The number of urea groups is 1. The molecule has 0 spiro atoms. The first kappa shape index (κ1) is 19.1. The molecule has 0 fully saturated rings. The summed E-state index contributed by atoms with van der Waals surface area (Å²) in [6.45, 7) is 1.96. The summed E-state index contributed by atoms with van der Waals surface area (Å²) >= 11 is 6.72. The molecule has 7 heteroatoms. The molecule has 1 aromatic rings. The highest BCUT2D eigenvalue weighted by Gasteiger charge is 2.11. The van der Waals surface area contributed by atoms with E-state index in [1.807, 2.05) is 18.2 Å². The maximum Gasteiger partial charge on any atom is 0.317 e. The molecule has 0 radical (unpaired) electrons. The van der Waals surface area contributed by atoms with E-state index < -0.39 is 0 Å². The van der Waals surface area contributed by atoms with Gasteiger partial charge in [0.15, 0.2) is 11.5 Å². The lowest BCUT2D eigenvalue weighted by Gasteiger charge is -2.21. The van der Waals surface area contributed by atoms with Gasteiger partial charge >= 0.3 is 6.03 Å². The number of amides is 2. The number of nitrogens with zero attached hydrogens (tertiary/aromatic N) is 1. The molecule has 0 bridgehead atoms. The first-order valence-corrected chi connectivity index (χ1v) is 9.26. The van der Waals surface area contributed by atoms with Crippen LogP contribution in [0.2, 0.25) is 0 Å². The second-order valence-electron chi connectivity index (χ2n) is 4.54. The lowest BCUT2D eigenvalue weighted by atomic mass is 10.1. The first-order valence-electron chi connectivity index (χ1n) is 7.01. The molecule has 0 aliphatic carbocycles. The van der Waals surface area contributed by atoms with E-state index in [-0.39, 0.29) is 6.03 Å². The Hall–Kier alpha value is -0.950. The van der Waals surface area contributed by atoms with Crippen molar-refractivity contribution >= 4 is 37.9 Å². The van der Waals surface area contributed by atoms with Crippen LogP contribution >= 0.6 is 31.9 Å². The third-order valence-corrected chi connectivity index (χ3v) is 3.84. The molecule has 0 saturated heterocycles. The summed E-state index contributed by atoms with van der Waals surface area (Å²) in [5, 5.41) is 4.47. The molecule has 1 rings (SSSR count). The van der Waals surface area contributed by atoms with Gasteiger partial charge in [0, 0.05) is 30.3 Å². The number of benzene rings is 1. The van der Waals surface area contributed by atoms with E-state index in [1.54, 1.807) is 19.1 Å². The summed E-state index contributed by atoms with van der Waals surface area (Å²) in [6.07, 6.45) is 0.739. The van der Waals surface area contributed by atoms with Crippen LogP contribution in [0.5, 0.6) is 11.5 Å². The number of nitrogens with one attached hydrogen (secondary N) is 1. The zero-order valence-corrected chi connectivity index (χ0v) is 16.1. The molecule has 0 unspecified atom stereocenters. The molecule has 0 aromatic heterocycles. The van der Waals surface area contributed by atoms with Crippen molar-refractivity contribution in [1.82, 2.24) is 10.2 Å². The van der Waals surface area contributed by atoms with E-state index in [2.05, 4.69) is 37.2 Å². The quantitative estimate of drug-likeness (QED) is 0.604. The highest BCUT2D eigenvalue weighted by Crippen LogP contribution is 2.27. The monoisotopic (exact) mass is 436 g/mol. The summed E-state index contributed by atoms with van der Waals surface area (Å²) in [4.78, 5) is 13.8. The number of halogens is 2. The smallest absolute Gasteiger partial charge is 0.317 e. The van der Waals surface area contributed by atoms with Crippen LogP contribution < -0.4 is 14.8 Å². The Morgan fingerprint density at radius 1 is 1.14 bits per heavy atom. The van der Waals surface area contributed by atoms with Crippen molar-refractivity contribution in [3.63, 3.8) is 0 Å². The molecule has 0 heterocycles. The van der Waals surface area contributed by atoms with Gasteiger partial charge in [-0.25, -0.2) is 4.79 Å². The van der Waals surface area contributed by atoms with E-state index >= 15 is 0 Å². The number of ether oxygens (including phenoxy) is 2. The summed E-state index contributed by atoms with van der Waals surface area (Å²) in [5.74, 6) is 1.41. The van der Waals surface area contributed by atoms with E-state index in [4.69, 9.17) is 9.47 Å². The number of methoxy groups -OCH3 is 2. The standard InChI is InChI=1S/C15H22Br2N2O3/c1-21-13-4-3-12(11-14(13)22-2)5-8-18-15(20)19(9-6-16)10-7-17/h3-4,11H,5-10H2,1-2H3,(H,18,20). The normalized spacial score (nSPS) is 10.2. The minimum Gasteiger partial charge on any atom is -0.493 e. The fourth-order valence-electron chi connectivity index (χ4n) is 1.98. The Bertz CT molecular complexity index is 466. The van der Waals surface area contributed by atoms with Crippen LogP contribution in [0.3, 0.4) is 0 Å². The first-order chi connectivity index (χ1) is 10.7. The summed E-state index contributed by atoms with van der Waals surface area (Å²) < 4.78 is 10.5. The Morgan fingerprint density at radius 2 is 1.77 bits per heavy atom. The van der Waals surface area contributed by atoms with Gasteiger partial charge < -0.3 is 19.7 Å². The second-order valence-corrected chi connectivity index (χ2v) is 6.12. The van der Waals surface area contributed by atoms with Gasteiger partial charge in [-0.15, -0.1) is 0 Å². The van der Waals surface area contributed by atoms with Crippen molar-refractivity contribution < 1.29 is 14.3 Å². The van der Waals surface area contributed by atoms with E-state index in [0.29, 0.717) is 31.1 Å². The molecule has 1 aromatic carbocycles. The fraction of sp³-hybridized carbons (Fsp3) is 0.533. The number of alkyl halides is 2. The van der Waals surface area contributed by atoms with Crippen LogP contribution in [-0.2, 0) is 6.42 Å². The predicted octanol–water partition coefficient (Wildman–Crippen LogP) is 3.05. The Labute approximate surface area is 148 Å². The summed E-state index contributed by atoms with van der Waals surface area (Å²) in [7, 11) is 3.22. The van der Waals surface area contributed by atoms with Gasteiger partial charge in [0.05, 0.1) is 14.2 Å². The maximum absolute atomic E-state index is 12.1. The largest absolute Gasteiger partial charge is 0.493 e. The number of carbonyl (C=O) groups is 1. The third kappa shape index (κ3) is 6.04. The minimum atomic E-state index is -0.0422. The van der Waals surface area contributed by atoms with Gasteiger partial charge in [-0.2, -0.15) is 0 Å². The Kier molecular flexibility index (Phi) is 9.31. The fourth-order valence-corrected chi connectivity index (χ4v) is 2.84. The SMILES string of the molecule is COc1ccc(CCNC(=O)N(CCBr)CCBr)cc1OC. The van der Waals surface area contributed by atoms with Crippen LogP contribution in [-0.4, -0.2) is 55.4 Å². The second kappa shape index (κ2) is 10.7. The lowest BCUT2D eigenvalue weighted by Crippen LogP contribution is -2.42. The average Bonchev–Trinajstić information content (AvgIpc) is 2.54. The third-order valence-electron chi connectivity index (χ3n) is 3.13. The van der Waals surface area contributed by atoms with Crippen LogP contribution in [0.25, 0.3) is 0 Å². The highest BCUT2D eigenvalue weighted by atomic mass is 79.9. The summed E-state index contributed by atoms with van der Waals surface area (Å²) in [6, 6.07) is 5.74. The van der Waals surface area contributed by atoms with Crippen LogP contribution in [0.1, 0.15) is 5.56 Å². The van der Waals surface area contributed by atoms with E-state index in [1.165, 1.54) is 0 Å². The van der Waals surface area contributed by atoms with Crippen molar-refractivity contribution in [3.05, 3.63) is 23.8 Å². The van der Waals surface area contributed by atoms with Crippen molar-refractivity contribution in [2.75, 3.05) is 44.5 Å². The van der Waals surface area contributed by atoms with Crippen LogP contribution in [0, 0.1) is 0 Å². The number of carbonyl (C=O) groups excluding carboxylic acids is 1. The van der Waals surface area contributed by atoms with Gasteiger partial charge in [-0.05, 0) is 24.1 Å². The molecule has 22 heavy (non-hydrogen) atoms. The zero-order chi connectivity index (χ0) is 16.4. The van der Waals surface area contributed by atoms with Crippen molar-refractivity contribution in [2.24, 2.45) is 0 Å². The maximum atomic E-state index is 12.1. The van der Waals surface area contributed by atoms with Crippen LogP contribution in [0.15, 0.2) is 18.2 Å². The molecule has 5 nitrogen and oxygen atoms in total. The number of hydrogen-bond acceptors (Lipinski definition) is 3. The average molecular weight is 438 g/mol. The zero-order valence-electron chi connectivity index (χ0n) is 12.9. The lowest BCUT2D eigenvalue weighted by molar-refractivity contribution is 0.204. The molecule has 0 aliphatic rings. The summed E-state index contributed by atoms with van der Waals surface area (Å²) in [5.41, 5.74) is 1.09. The molecule has 1 N–H and O–H groups in total. The van der Waals surface area contributed by atoms with E-state index in [9.17, 15) is 4.79 Å². The molecule has 124 valence electrons. The molecule has 2 amide bonds. The number of rotatable bonds is 9. The van der Waals surface area contributed by atoms with Gasteiger partial charge in [0.25, 0.3) is 0 Å². The molecule has 0 aliphatic heterocycles.